The maximum atomic E-state index is 5.76. The zero-order valence-corrected chi connectivity index (χ0v) is 8.80. The van der Waals surface area contributed by atoms with Crippen molar-refractivity contribution >= 4 is 22.4 Å². The third kappa shape index (κ3) is 2.02. The molecule has 74 valence electrons. The molecule has 2 rings (SSSR count). The molecule has 0 bridgehead atoms. The molecule has 1 aromatic heterocycles. The molecule has 2 heterocycles. The summed E-state index contributed by atoms with van der Waals surface area (Å²) in [6, 6.07) is 0. The summed E-state index contributed by atoms with van der Waals surface area (Å²) in [7, 11) is 0. The van der Waals surface area contributed by atoms with E-state index >= 15 is 0 Å². The van der Waals surface area contributed by atoms with Crippen LogP contribution in [0.25, 0.3) is 6.08 Å². The van der Waals surface area contributed by atoms with E-state index in [9.17, 15) is 0 Å². The molecule has 1 aliphatic heterocycles. The molecule has 1 aromatic rings. The summed E-state index contributed by atoms with van der Waals surface area (Å²) in [5.41, 5.74) is 7.57. The quantitative estimate of drug-likeness (QED) is 0.610. The maximum absolute atomic E-state index is 5.76. The van der Waals surface area contributed by atoms with E-state index in [1.165, 1.54) is 11.3 Å². The lowest BCUT2D eigenvalue weighted by molar-refractivity contribution is 0.435. The van der Waals surface area contributed by atoms with E-state index in [4.69, 9.17) is 10.5 Å². The van der Waals surface area contributed by atoms with Gasteiger partial charge in [-0.1, -0.05) is 12.7 Å². The van der Waals surface area contributed by atoms with Crippen molar-refractivity contribution in [1.82, 2.24) is 4.98 Å². The monoisotopic (exact) mass is 208 g/mol. The third-order valence-electron chi connectivity index (χ3n) is 1.99. The largest absolute Gasteiger partial charge is 0.389 e. The fourth-order valence-electron chi connectivity index (χ4n) is 1.13. The Labute approximate surface area is 86.9 Å². The Kier molecular flexibility index (Phi) is 2.39. The first-order valence-corrected chi connectivity index (χ1v) is 5.20. The number of nitrogens with two attached hydrogens (primary N) is 1. The van der Waals surface area contributed by atoms with Crippen molar-refractivity contribution in [2.75, 3.05) is 12.3 Å². The highest BCUT2D eigenvalue weighted by molar-refractivity contribution is 7.15. The number of epoxide rings is 1. The lowest BCUT2D eigenvalue weighted by Gasteiger charge is -1.91. The number of hydrogen-bond acceptors (Lipinski definition) is 4. The van der Waals surface area contributed by atoms with E-state index in [2.05, 4.69) is 11.6 Å². The highest BCUT2D eigenvalue weighted by Crippen LogP contribution is 2.24. The van der Waals surface area contributed by atoms with Crippen molar-refractivity contribution in [3.05, 3.63) is 28.9 Å². The van der Waals surface area contributed by atoms with Crippen LogP contribution < -0.4 is 5.73 Å². The maximum Gasteiger partial charge on any atom is 0.114 e. The molecule has 0 spiro atoms. The lowest BCUT2D eigenvalue weighted by atomic mass is 10.2. The fraction of sp³-hybridized carbons (Fsp3) is 0.300. The first-order valence-electron chi connectivity index (χ1n) is 4.38. The van der Waals surface area contributed by atoms with Gasteiger partial charge in [-0.3, -0.25) is 0 Å². The number of rotatable bonds is 3. The van der Waals surface area contributed by atoms with Gasteiger partial charge in [0.2, 0.25) is 0 Å². The average molecular weight is 208 g/mol. The van der Waals surface area contributed by atoms with Gasteiger partial charge in [-0.2, -0.15) is 0 Å². The van der Waals surface area contributed by atoms with Crippen LogP contribution in [0.3, 0.4) is 0 Å². The van der Waals surface area contributed by atoms with Gasteiger partial charge in [-0.15, -0.1) is 11.3 Å². The molecule has 2 N–H and O–H groups in total. The van der Waals surface area contributed by atoms with Gasteiger partial charge in [0.05, 0.1) is 17.3 Å². The summed E-state index contributed by atoms with van der Waals surface area (Å²) >= 11 is 1.50. The van der Waals surface area contributed by atoms with Crippen LogP contribution in [0.5, 0.6) is 0 Å². The second-order valence-corrected chi connectivity index (χ2v) is 4.45. The van der Waals surface area contributed by atoms with E-state index in [1.54, 1.807) is 0 Å². The minimum Gasteiger partial charge on any atom is -0.389 e. The van der Waals surface area contributed by atoms with E-state index in [-0.39, 0.29) is 6.10 Å². The Hall–Kier alpha value is -1.13. The molecular formula is C10H12N2OS. The third-order valence-corrected chi connectivity index (χ3v) is 2.81. The Morgan fingerprint density at radius 2 is 2.50 bits per heavy atom. The first kappa shape index (κ1) is 9.43. The average Bonchev–Trinajstić information content (AvgIpc) is 2.90. The number of anilines is 1. The molecule has 4 heteroatoms. The minimum atomic E-state index is 0.215. The molecule has 0 aromatic carbocycles. The van der Waals surface area contributed by atoms with E-state index < -0.39 is 0 Å². The van der Waals surface area contributed by atoms with Gasteiger partial charge in [-0.25, -0.2) is 4.98 Å². The minimum absolute atomic E-state index is 0.215. The standard InChI is InChI=1S/C10H12N2OS/c1-6(9-5-13-9)3-4-8-10(11)14-7(2)12-8/h3-4,9H,1,5,11H2,2H3/b4-3-. The van der Waals surface area contributed by atoms with Crippen molar-refractivity contribution in [2.45, 2.75) is 13.0 Å². The molecule has 14 heavy (non-hydrogen) atoms. The lowest BCUT2D eigenvalue weighted by Crippen LogP contribution is -1.87. The normalized spacial score (nSPS) is 20.2. The van der Waals surface area contributed by atoms with E-state index in [1.807, 2.05) is 19.1 Å². The van der Waals surface area contributed by atoms with E-state index in [0.29, 0.717) is 0 Å². The van der Waals surface area contributed by atoms with Gasteiger partial charge in [0.15, 0.2) is 0 Å². The Morgan fingerprint density at radius 1 is 1.79 bits per heavy atom. The summed E-state index contributed by atoms with van der Waals surface area (Å²) in [4.78, 5) is 4.29. The fourth-order valence-corrected chi connectivity index (χ4v) is 1.81. The Morgan fingerprint density at radius 3 is 3.00 bits per heavy atom. The van der Waals surface area contributed by atoms with Crippen molar-refractivity contribution in [3.8, 4) is 0 Å². The summed E-state index contributed by atoms with van der Waals surface area (Å²) in [5, 5.41) is 1.73. The van der Waals surface area contributed by atoms with Crippen LogP contribution >= 0.6 is 11.3 Å². The Bertz CT molecular complexity index is 391. The Balaban J connectivity index is 2.08. The number of hydrogen-bond donors (Lipinski definition) is 1. The van der Waals surface area contributed by atoms with Crippen LogP contribution in [0.15, 0.2) is 18.2 Å². The molecule has 1 fully saturated rings. The SMILES string of the molecule is C=C(/C=C\c1nc(C)sc1N)C1CO1. The second-order valence-electron chi connectivity index (χ2n) is 3.21. The predicted octanol–water partition coefficient (Wildman–Crippen LogP) is 2.00. The summed E-state index contributed by atoms with van der Waals surface area (Å²) < 4.78 is 5.09. The number of aromatic nitrogens is 1. The smallest absolute Gasteiger partial charge is 0.114 e. The van der Waals surface area contributed by atoms with E-state index in [0.717, 1.165) is 27.9 Å². The van der Waals surface area contributed by atoms with Crippen molar-refractivity contribution in [2.24, 2.45) is 0 Å². The van der Waals surface area contributed by atoms with Crippen molar-refractivity contribution in [1.29, 1.82) is 0 Å². The molecular weight excluding hydrogens is 196 g/mol. The van der Waals surface area contributed by atoms with Crippen molar-refractivity contribution in [3.63, 3.8) is 0 Å². The van der Waals surface area contributed by atoms with Crippen molar-refractivity contribution < 1.29 is 4.74 Å². The van der Waals surface area contributed by atoms with Crippen LogP contribution in [0, 0.1) is 6.92 Å². The molecule has 1 unspecified atom stereocenters. The van der Waals surface area contributed by atoms with Gasteiger partial charge in [0.1, 0.15) is 11.1 Å². The topological polar surface area (TPSA) is 51.4 Å². The van der Waals surface area contributed by atoms with Crippen LogP contribution in [0.4, 0.5) is 5.00 Å². The zero-order valence-electron chi connectivity index (χ0n) is 7.99. The highest BCUT2D eigenvalue weighted by Gasteiger charge is 2.23. The molecule has 3 nitrogen and oxygen atoms in total. The van der Waals surface area contributed by atoms with Crippen LogP contribution in [0.1, 0.15) is 10.7 Å². The van der Waals surface area contributed by atoms with Crippen LogP contribution in [-0.2, 0) is 4.74 Å². The summed E-state index contributed by atoms with van der Waals surface area (Å²) in [6.45, 7) is 6.62. The summed E-state index contributed by atoms with van der Waals surface area (Å²) in [5.74, 6) is 0. The summed E-state index contributed by atoms with van der Waals surface area (Å²) in [6.07, 6.45) is 4.03. The van der Waals surface area contributed by atoms with Gasteiger partial charge in [-0.05, 0) is 18.6 Å². The molecule has 1 atom stereocenters. The van der Waals surface area contributed by atoms with Gasteiger partial charge in [0.25, 0.3) is 0 Å². The molecule has 1 aliphatic rings. The zero-order chi connectivity index (χ0) is 10.1. The first-order chi connectivity index (χ1) is 6.66. The number of aryl methyl sites for hydroxylation is 1. The molecule has 1 saturated heterocycles. The van der Waals surface area contributed by atoms with Gasteiger partial charge in [0, 0.05) is 0 Å². The molecule has 0 radical (unpaired) electrons. The van der Waals surface area contributed by atoms with Gasteiger partial charge < -0.3 is 10.5 Å². The number of ether oxygens (including phenoxy) is 1. The highest BCUT2D eigenvalue weighted by atomic mass is 32.1. The number of nitrogen functional groups attached to an aromatic ring is 1. The molecule has 0 aliphatic carbocycles. The van der Waals surface area contributed by atoms with Crippen LogP contribution in [0.2, 0.25) is 0 Å². The van der Waals surface area contributed by atoms with Crippen LogP contribution in [-0.4, -0.2) is 17.7 Å². The second kappa shape index (κ2) is 3.55. The number of nitrogens with zero attached hydrogens (tertiary/aromatic N) is 1. The molecule has 0 amide bonds. The number of thiazole rings is 1. The predicted molar refractivity (Wildman–Crippen MR) is 59.2 cm³/mol. The van der Waals surface area contributed by atoms with Gasteiger partial charge >= 0.3 is 0 Å². The molecule has 0 saturated carbocycles.